The molecule has 0 saturated heterocycles. The number of nitrogens with zero attached hydrogens (tertiary/aromatic N) is 1. The molecule has 0 bridgehead atoms. The number of hydrogen-bond acceptors (Lipinski definition) is 4. The van der Waals surface area contributed by atoms with Crippen LogP contribution in [0.1, 0.15) is 16.7 Å². The van der Waals surface area contributed by atoms with E-state index in [0.717, 1.165) is 0 Å². The number of benzene rings is 1. The lowest BCUT2D eigenvalue weighted by molar-refractivity contribution is 0.214. The van der Waals surface area contributed by atoms with Gasteiger partial charge in [-0.1, -0.05) is 0 Å². The van der Waals surface area contributed by atoms with Crippen LogP contribution in [0.5, 0.6) is 5.75 Å². The maximum atomic E-state index is 13.6. The largest absolute Gasteiger partial charge is 0.497 e. The second-order valence-corrected chi connectivity index (χ2v) is 4.09. The van der Waals surface area contributed by atoms with Crippen molar-refractivity contribution in [1.29, 1.82) is 0 Å². The summed E-state index contributed by atoms with van der Waals surface area (Å²) in [4.78, 5) is 3.95. The van der Waals surface area contributed by atoms with Gasteiger partial charge in [0.15, 0.2) is 0 Å². The minimum atomic E-state index is -1.02. The fourth-order valence-electron chi connectivity index (χ4n) is 1.36. The van der Waals surface area contributed by atoms with Crippen LogP contribution in [0.25, 0.3) is 0 Å². The SMILES string of the molecule is COc1ccc(C(O)c2nccs2)c(F)c1. The van der Waals surface area contributed by atoms with Gasteiger partial charge in [0.05, 0.1) is 7.11 Å². The molecule has 0 spiro atoms. The second kappa shape index (κ2) is 4.59. The molecule has 0 radical (unpaired) electrons. The van der Waals surface area contributed by atoms with Crippen molar-refractivity contribution in [3.05, 3.63) is 46.2 Å². The number of halogens is 1. The molecule has 1 N–H and O–H groups in total. The molecule has 1 aromatic carbocycles. The van der Waals surface area contributed by atoms with E-state index in [-0.39, 0.29) is 5.56 Å². The van der Waals surface area contributed by atoms with Crippen LogP contribution < -0.4 is 4.74 Å². The third-order valence-electron chi connectivity index (χ3n) is 2.19. The molecular weight excluding hydrogens is 229 g/mol. The summed E-state index contributed by atoms with van der Waals surface area (Å²) in [5.41, 5.74) is 0.204. The molecular formula is C11H10FNO2S. The van der Waals surface area contributed by atoms with Gasteiger partial charge in [-0.05, 0) is 12.1 Å². The monoisotopic (exact) mass is 239 g/mol. The van der Waals surface area contributed by atoms with Gasteiger partial charge in [0.25, 0.3) is 0 Å². The standard InChI is InChI=1S/C11H10FNO2S/c1-15-7-2-3-8(9(12)6-7)10(14)11-13-4-5-16-11/h2-6,10,14H,1H3. The Morgan fingerprint density at radius 3 is 2.88 bits per heavy atom. The number of aliphatic hydroxyl groups is 1. The molecule has 1 unspecified atom stereocenters. The lowest BCUT2D eigenvalue weighted by Crippen LogP contribution is -2.02. The van der Waals surface area contributed by atoms with E-state index in [2.05, 4.69) is 4.98 Å². The Kier molecular flexibility index (Phi) is 3.17. The molecule has 1 aromatic heterocycles. The van der Waals surface area contributed by atoms with Gasteiger partial charge in [-0.2, -0.15) is 0 Å². The van der Waals surface area contributed by atoms with Gasteiger partial charge in [0.1, 0.15) is 22.7 Å². The third kappa shape index (κ3) is 2.05. The molecule has 3 nitrogen and oxygen atoms in total. The van der Waals surface area contributed by atoms with Gasteiger partial charge >= 0.3 is 0 Å². The van der Waals surface area contributed by atoms with Gasteiger partial charge in [-0.25, -0.2) is 9.37 Å². The number of rotatable bonds is 3. The van der Waals surface area contributed by atoms with E-state index in [1.165, 1.54) is 30.6 Å². The maximum absolute atomic E-state index is 13.6. The smallest absolute Gasteiger partial charge is 0.133 e. The summed E-state index contributed by atoms with van der Waals surface area (Å²) < 4.78 is 18.5. The molecule has 1 heterocycles. The minimum absolute atomic E-state index is 0.204. The lowest BCUT2D eigenvalue weighted by Gasteiger charge is -2.10. The van der Waals surface area contributed by atoms with E-state index in [0.29, 0.717) is 10.8 Å². The molecule has 5 heteroatoms. The van der Waals surface area contributed by atoms with E-state index in [4.69, 9.17) is 4.74 Å². The quantitative estimate of drug-likeness (QED) is 0.894. The zero-order valence-corrected chi connectivity index (χ0v) is 9.37. The Labute approximate surface area is 96.2 Å². The van der Waals surface area contributed by atoms with Gasteiger partial charge in [0.2, 0.25) is 0 Å². The normalized spacial score (nSPS) is 12.4. The molecule has 0 aliphatic rings. The highest BCUT2D eigenvalue weighted by atomic mass is 32.1. The van der Waals surface area contributed by atoms with Gasteiger partial charge < -0.3 is 9.84 Å². The summed E-state index contributed by atoms with van der Waals surface area (Å²) in [5.74, 6) is -0.0744. The van der Waals surface area contributed by atoms with Crippen molar-refractivity contribution in [1.82, 2.24) is 4.98 Å². The molecule has 2 rings (SSSR count). The Bertz CT molecular complexity index is 473. The zero-order valence-electron chi connectivity index (χ0n) is 8.55. The first kappa shape index (κ1) is 11.0. The van der Waals surface area contributed by atoms with Crippen LogP contribution in [0.4, 0.5) is 4.39 Å². The average molecular weight is 239 g/mol. The predicted molar refractivity (Wildman–Crippen MR) is 59.1 cm³/mol. The van der Waals surface area contributed by atoms with Crippen LogP contribution in [0.2, 0.25) is 0 Å². The van der Waals surface area contributed by atoms with Crippen LogP contribution >= 0.6 is 11.3 Å². The molecule has 84 valence electrons. The first-order chi connectivity index (χ1) is 7.72. The summed E-state index contributed by atoms with van der Waals surface area (Å²) in [7, 11) is 1.46. The van der Waals surface area contributed by atoms with E-state index in [1.54, 1.807) is 17.6 Å². The van der Waals surface area contributed by atoms with Crippen LogP contribution in [0.15, 0.2) is 29.8 Å². The third-order valence-corrected chi connectivity index (χ3v) is 3.02. The number of methoxy groups -OCH3 is 1. The Hall–Kier alpha value is -1.46. The topological polar surface area (TPSA) is 42.4 Å². The summed E-state index contributed by atoms with van der Waals surface area (Å²) in [5, 5.41) is 12.1. The van der Waals surface area contributed by atoms with Gasteiger partial charge in [-0.3, -0.25) is 0 Å². The zero-order chi connectivity index (χ0) is 11.5. The van der Waals surface area contributed by atoms with E-state index >= 15 is 0 Å². The van der Waals surface area contributed by atoms with Crippen molar-refractivity contribution in [3.63, 3.8) is 0 Å². The summed E-state index contributed by atoms with van der Waals surface area (Å²) in [6.07, 6.45) is 0.552. The Balaban J connectivity index is 2.34. The minimum Gasteiger partial charge on any atom is -0.497 e. The number of ether oxygens (including phenoxy) is 1. The molecule has 0 aliphatic carbocycles. The highest BCUT2D eigenvalue weighted by Crippen LogP contribution is 2.27. The molecule has 16 heavy (non-hydrogen) atoms. The number of hydrogen-bond donors (Lipinski definition) is 1. The maximum Gasteiger partial charge on any atom is 0.133 e. The van der Waals surface area contributed by atoms with E-state index < -0.39 is 11.9 Å². The molecule has 0 fully saturated rings. The highest BCUT2D eigenvalue weighted by Gasteiger charge is 2.17. The predicted octanol–water partition coefficient (Wildman–Crippen LogP) is 2.37. The van der Waals surface area contributed by atoms with Crippen LogP contribution in [-0.2, 0) is 0 Å². The highest BCUT2D eigenvalue weighted by molar-refractivity contribution is 7.09. The number of aliphatic hydroxyl groups excluding tert-OH is 1. The number of aromatic nitrogens is 1. The van der Waals surface area contributed by atoms with Crippen molar-refractivity contribution in [2.24, 2.45) is 0 Å². The van der Waals surface area contributed by atoms with Crippen LogP contribution in [-0.4, -0.2) is 17.2 Å². The fourth-order valence-corrected chi connectivity index (χ4v) is 2.00. The summed E-state index contributed by atoms with van der Waals surface area (Å²) in [6.45, 7) is 0. The Morgan fingerprint density at radius 2 is 2.31 bits per heavy atom. The van der Waals surface area contributed by atoms with Gasteiger partial charge in [-0.15, -0.1) is 11.3 Å². The van der Waals surface area contributed by atoms with Crippen molar-refractivity contribution >= 4 is 11.3 Å². The summed E-state index contributed by atoms with van der Waals surface area (Å²) >= 11 is 1.29. The van der Waals surface area contributed by atoms with E-state index in [9.17, 15) is 9.50 Å². The second-order valence-electron chi connectivity index (χ2n) is 3.16. The molecule has 2 aromatic rings. The van der Waals surface area contributed by atoms with E-state index in [1.807, 2.05) is 0 Å². The first-order valence-corrected chi connectivity index (χ1v) is 5.51. The Morgan fingerprint density at radius 1 is 1.50 bits per heavy atom. The van der Waals surface area contributed by atoms with Crippen LogP contribution in [0, 0.1) is 5.82 Å². The molecule has 1 atom stereocenters. The summed E-state index contributed by atoms with van der Waals surface area (Å²) in [6, 6.07) is 4.35. The number of thiazole rings is 1. The van der Waals surface area contributed by atoms with Crippen LogP contribution in [0.3, 0.4) is 0 Å². The molecule has 0 aliphatic heterocycles. The van der Waals surface area contributed by atoms with Gasteiger partial charge in [0, 0.05) is 23.2 Å². The lowest BCUT2D eigenvalue weighted by atomic mass is 10.1. The van der Waals surface area contributed by atoms with Crippen molar-refractivity contribution in [2.45, 2.75) is 6.10 Å². The molecule has 0 saturated carbocycles. The first-order valence-electron chi connectivity index (χ1n) is 4.63. The average Bonchev–Trinajstić information content (AvgIpc) is 2.81. The molecule has 0 amide bonds. The fraction of sp³-hybridized carbons (Fsp3) is 0.182. The van der Waals surface area contributed by atoms with Crippen molar-refractivity contribution in [2.75, 3.05) is 7.11 Å². The van der Waals surface area contributed by atoms with Crippen molar-refractivity contribution < 1.29 is 14.2 Å². The van der Waals surface area contributed by atoms with Crippen molar-refractivity contribution in [3.8, 4) is 5.75 Å².